The third-order valence-corrected chi connectivity index (χ3v) is 4.58. The quantitative estimate of drug-likeness (QED) is 0.643. The van der Waals surface area contributed by atoms with Gasteiger partial charge in [0.25, 0.3) is 0 Å². The van der Waals surface area contributed by atoms with Crippen molar-refractivity contribution in [2.24, 2.45) is 5.73 Å². The predicted octanol–water partition coefficient (Wildman–Crippen LogP) is 3.89. The Morgan fingerprint density at radius 1 is 1.14 bits per heavy atom. The zero-order chi connectivity index (χ0) is 20.3. The second kappa shape index (κ2) is 8.10. The summed E-state index contributed by atoms with van der Waals surface area (Å²) in [6.07, 6.45) is 3.03. The van der Waals surface area contributed by atoms with E-state index in [-0.39, 0.29) is 5.91 Å². The number of primary amides is 1. The summed E-state index contributed by atoms with van der Waals surface area (Å²) in [5, 5.41) is 7.64. The molecule has 3 N–H and O–H groups in total. The Morgan fingerprint density at radius 2 is 1.86 bits per heavy atom. The molecule has 2 amide bonds. The maximum absolute atomic E-state index is 12.3. The first-order valence-electron chi connectivity index (χ1n) is 8.57. The second-order valence-corrected chi connectivity index (χ2v) is 6.61. The highest BCUT2D eigenvalue weighted by atomic mass is 35.5. The van der Waals surface area contributed by atoms with Gasteiger partial charge in [0, 0.05) is 22.9 Å². The van der Waals surface area contributed by atoms with Crippen molar-refractivity contribution < 1.29 is 9.59 Å². The SMILES string of the molecule is Cc1cc(C(N)=O)ccc1NC(=O)/C=C/c1c(C)nn(-c2ccccc2)c1Cl. The maximum Gasteiger partial charge on any atom is 0.248 e. The van der Waals surface area contributed by atoms with Gasteiger partial charge in [-0.25, -0.2) is 4.68 Å². The molecule has 0 fully saturated rings. The number of hydrogen-bond donors (Lipinski definition) is 2. The highest BCUT2D eigenvalue weighted by molar-refractivity contribution is 6.31. The average molecular weight is 395 g/mol. The molecule has 28 heavy (non-hydrogen) atoms. The molecule has 142 valence electrons. The van der Waals surface area contributed by atoms with E-state index >= 15 is 0 Å². The van der Waals surface area contributed by atoms with Crippen LogP contribution in [0.5, 0.6) is 0 Å². The molecule has 1 heterocycles. The zero-order valence-corrected chi connectivity index (χ0v) is 16.2. The number of aryl methyl sites for hydroxylation is 2. The Labute approximate surface area is 167 Å². The highest BCUT2D eigenvalue weighted by Crippen LogP contribution is 2.24. The largest absolute Gasteiger partial charge is 0.366 e. The predicted molar refractivity (Wildman–Crippen MR) is 111 cm³/mol. The van der Waals surface area contributed by atoms with Crippen molar-refractivity contribution in [1.82, 2.24) is 9.78 Å². The van der Waals surface area contributed by atoms with Gasteiger partial charge in [-0.15, -0.1) is 0 Å². The molecule has 0 aliphatic heterocycles. The van der Waals surface area contributed by atoms with Gasteiger partial charge >= 0.3 is 0 Å². The number of hydrogen-bond acceptors (Lipinski definition) is 3. The van der Waals surface area contributed by atoms with Gasteiger partial charge in [-0.3, -0.25) is 9.59 Å². The van der Waals surface area contributed by atoms with Crippen molar-refractivity contribution in [2.75, 3.05) is 5.32 Å². The molecule has 0 atom stereocenters. The Morgan fingerprint density at radius 3 is 2.50 bits per heavy atom. The van der Waals surface area contributed by atoms with Crippen molar-refractivity contribution in [3.8, 4) is 5.69 Å². The fraction of sp³-hybridized carbons (Fsp3) is 0.0952. The van der Waals surface area contributed by atoms with Crippen molar-refractivity contribution >= 4 is 35.2 Å². The Bertz CT molecular complexity index is 1070. The molecule has 0 aliphatic rings. The smallest absolute Gasteiger partial charge is 0.248 e. The summed E-state index contributed by atoms with van der Waals surface area (Å²) in [6.45, 7) is 3.62. The molecular formula is C21H19ClN4O2. The van der Waals surface area contributed by atoms with Gasteiger partial charge in [0.2, 0.25) is 11.8 Å². The Balaban J connectivity index is 1.78. The number of nitrogens with two attached hydrogens (primary N) is 1. The van der Waals surface area contributed by atoms with Crippen LogP contribution >= 0.6 is 11.6 Å². The number of nitrogens with zero attached hydrogens (tertiary/aromatic N) is 2. The van der Waals surface area contributed by atoms with Gasteiger partial charge in [-0.05, 0) is 55.8 Å². The number of anilines is 1. The van der Waals surface area contributed by atoms with Gasteiger partial charge in [-0.2, -0.15) is 5.10 Å². The highest BCUT2D eigenvalue weighted by Gasteiger charge is 2.13. The summed E-state index contributed by atoms with van der Waals surface area (Å²) < 4.78 is 1.63. The molecule has 3 aromatic rings. The molecule has 3 rings (SSSR count). The molecule has 1 aromatic heterocycles. The molecule has 0 aliphatic carbocycles. The van der Waals surface area contributed by atoms with Crippen molar-refractivity contribution in [3.63, 3.8) is 0 Å². The van der Waals surface area contributed by atoms with E-state index in [0.717, 1.165) is 11.3 Å². The van der Waals surface area contributed by atoms with Gasteiger partial charge in [0.05, 0.1) is 11.4 Å². The first-order chi connectivity index (χ1) is 13.4. The minimum Gasteiger partial charge on any atom is -0.366 e. The van der Waals surface area contributed by atoms with Crippen molar-refractivity contribution in [1.29, 1.82) is 0 Å². The van der Waals surface area contributed by atoms with Gasteiger partial charge < -0.3 is 11.1 Å². The molecule has 0 saturated carbocycles. The van der Waals surface area contributed by atoms with Crippen LogP contribution in [0, 0.1) is 13.8 Å². The Kier molecular flexibility index (Phi) is 5.61. The molecule has 0 radical (unpaired) electrons. The lowest BCUT2D eigenvalue weighted by molar-refractivity contribution is -0.111. The van der Waals surface area contributed by atoms with Crippen LogP contribution in [-0.2, 0) is 4.79 Å². The first kappa shape index (κ1) is 19.4. The minimum absolute atomic E-state index is 0.321. The molecular weight excluding hydrogens is 376 g/mol. The number of benzene rings is 2. The normalized spacial score (nSPS) is 11.0. The number of carbonyl (C=O) groups is 2. The number of carbonyl (C=O) groups excluding carboxylic acids is 2. The maximum atomic E-state index is 12.3. The van der Waals surface area contributed by atoms with E-state index < -0.39 is 5.91 Å². The Hall–Kier alpha value is -3.38. The van der Waals surface area contributed by atoms with E-state index in [1.54, 1.807) is 35.9 Å². The molecule has 6 nitrogen and oxygen atoms in total. The van der Waals surface area contributed by atoms with E-state index in [9.17, 15) is 9.59 Å². The number of rotatable bonds is 5. The number of amides is 2. The average Bonchev–Trinajstić information content (AvgIpc) is 2.96. The molecule has 2 aromatic carbocycles. The second-order valence-electron chi connectivity index (χ2n) is 6.25. The van der Waals surface area contributed by atoms with Crippen molar-refractivity contribution in [2.45, 2.75) is 13.8 Å². The monoisotopic (exact) mass is 394 g/mol. The third kappa shape index (κ3) is 4.13. The van der Waals surface area contributed by atoms with Crippen LogP contribution in [0.3, 0.4) is 0 Å². The summed E-state index contributed by atoms with van der Waals surface area (Å²) in [5.74, 6) is -0.834. The van der Waals surface area contributed by atoms with E-state index in [2.05, 4.69) is 10.4 Å². The van der Waals surface area contributed by atoms with E-state index in [0.29, 0.717) is 27.7 Å². The summed E-state index contributed by atoms with van der Waals surface area (Å²) >= 11 is 6.45. The molecule has 0 unspecified atom stereocenters. The molecule has 0 saturated heterocycles. The fourth-order valence-electron chi connectivity index (χ4n) is 2.73. The molecule has 0 spiro atoms. The van der Waals surface area contributed by atoms with Crippen LogP contribution < -0.4 is 11.1 Å². The van der Waals surface area contributed by atoms with Crippen LogP contribution in [0.2, 0.25) is 5.15 Å². The topological polar surface area (TPSA) is 90.0 Å². The lowest BCUT2D eigenvalue weighted by Crippen LogP contribution is -2.13. The van der Waals surface area contributed by atoms with Crippen LogP contribution in [0.25, 0.3) is 11.8 Å². The van der Waals surface area contributed by atoms with Crippen molar-refractivity contribution in [3.05, 3.63) is 82.1 Å². The number of aromatic nitrogens is 2. The zero-order valence-electron chi connectivity index (χ0n) is 15.4. The van der Waals surface area contributed by atoms with E-state index in [4.69, 9.17) is 17.3 Å². The summed E-state index contributed by atoms with van der Waals surface area (Å²) in [7, 11) is 0. The third-order valence-electron chi connectivity index (χ3n) is 4.22. The van der Waals surface area contributed by atoms with Crippen LogP contribution in [0.15, 0.2) is 54.6 Å². The first-order valence-corrected chi connectivity index (χ1v) is 8.94. The number of halogens is 1. The standard InChI is InChI=1S/C21H19ClN4O2/c1-13-12-15(21(23)28)8-10-18(13)24-19(27)11-9-17-14(2)25-26(20(17)22)16-6-4-3-5-7-16/h3-12H,1-2H3,(H2,23,28)(H,24,27)/b11-9+. The lowest BCUT2D eigenvalue weighted by Gasteiger charge is -2.07. The van der Waals surface area contributed by atoms with Crippen LogP contribution in [0.1, 0.15) is 27.2 Å². The van der Waals surface area contributed by atoms with Crippen LogP contribution in [0.4, 0.5) is 5.69 Å². The fourth-order valence-corrected chi connectivity index (χ4v) is 3.07. The number of para-hydroxylation sites is 1. The molecule has 0 bridgehead atoms. The lowest BCUT2D eigenvalue weighted by atomic mass is 10.1. The van der Waals surface area contributed by atoms with Crippen LogP contribution in [-0.4, -0.2) is 21.6 Å². The van der Waals surface area contributed by atoms with E-state index in [1.807, 2.05) is 37.3 Å². The summed E-state index contributed by atoms with van der Waals surface area (Å²) in [4.78, 5) is 23.5. The molecule has 7 heteroatoms. The summed E-state index contributed by atoms with van der Waals surface area (Å²) in [5.41, 5.74) is 9.20. The van der Waals surface area contributed by atoms with Gasteiger partial charge in [0.15, 0.2) is 0 Å². The number of nitrogens with one attached hydrogen (secondary N) is 1. The van der Waals surface area contributed by atoms with Gasteiger partial charge in [-0.1, -0.05) is 29.8 Å². The van der Waals surface area contributed by atoms with Gasteiger partial charge in [0.1, 0.15) is 5.15 Å². The minimum atomic E-state index is -0.513. The summed E-state index contributed by atoms with van der Waals surface area (Å²) in [6, 6.07) is 14.4. The van der Waals surface area contributed by atoms with E-state index in [1.165, 1.54) is 6.08 Å².